The van der Waals surface area contributed by atoms with Gasteiger partial charge in [-0.2, -0.15) is 18.3 Å². The number of H-pyrrole nitrogens is 1. The maximum atomic E-state index is 12.9. The van der Waals surface area contributed by atoms with Gasteiger partial charge >= 0.3 is 11.9 Å². The first kappa shape index (κ1) is 15.6. The number of carbonyl (C=O) groups excluding carboxylic acids is 1. The highest BCUT2D eigenvalue weighted by molar-refractivity contribution is 5.79. The van der Waals surface area contributed by atoms with Crippen LogP contribution < -0.4 is 11.0 Å². The molecular weight excluding hydrogens is 289 g/mol. The molecule has 0 aromatic carbocycles. The maximum absolute atomic E-state index is 12.9. The van der Waals surface area contributed by atoms with Crippen molar-refractivity contribution in [1.29, 1.82) is 0 Å². The van der Waals surface area contributed by atoms with Gasteiger partial charge in [0.1, 0.15) is 0 Å². The van der Waals surface area contributed by atoms with Gasteiger partial charge in [-0.1, -0.05) is 12.8 Å². The van der Waals surface area contributed by atoms with Gasteiger partial charge in [-0.3, -0.25) is 9.36 Å². The number of hydrogen-bond acceptors (Lipinski definition) is 3. The Bertz CT molecular complexity index is 564. The summed E-state index contributed by atoms with van der Waals surface area (Å²) in [6.07, 6.45) is -3.03. The zero-order chi connectivity index (χ0) is 15.6. The Balaban J connectivity index is 2.01. The molecule has 1 aromatic rings. The summed E-state index contributed by atoms with van der Waals surface area (Å²) in [4.78, 5) is 23.2. The van der Waals surface area contributed by atoms with Crippen LogP contribution in [0.4, 0.5) is 13.2 Å². The fourth-order valence-corrected chi connectivity index (χ4v) is 2.67. The lowest BCUT2D eigenvalue weighted by atomic mass is 9.78. The van der Waals surface area contributed by atoms with Crippen LogP contribution >= 0.6 is 0 Å². The molecule has 1 amide bonds. The monoisotopic (exact) mass is 306 g/mol. The molecule has 21 heavy (non-hydrogen) atoms. The number of rotatable bonds is 3. The molecule has 1 aliphatic rings. The van der Waals surface area contributed by atoms with Gasteiger partial charge in [0.2, 0.25) is 5.91 Å². The molecule has 1 heterocycles. The second-order valence-electron chi connectivity index (χ2n) is 5.26. The number of nitrogens with one attached hydrogen (secondary N) is 2. The highest BCUT2D eigenvalue weighted by atomic mass is 19.4. The molecule has 1 aliphatic carbocycles. The van der Waals surface area contributed by atoms with E-state index in [1.807, 2.05) is 0 Å². The highest BCUT2D eigenvalue weighted by Crippen LogP contribution is 2.41. The first-order chi connectivity index (χ1) is 9.80. The van der Waals surface area contributed by atoms with Crippen LogP contribution in [0, 0.1) is 11.8 Å². The summed E-state index contributed by atoms with van der Waals surface area (Å²) in [6, 6.07) is 0. The predicted molar refractivity (Wildman–Crippen MR) is 67.2 cm³/mol. The van der Waals surface area contributed by atoms with Crippen LogP contribution in [0.5, 0.6) is 0 Å². The third-order valence-electron chi connectivity index (χ3n) is 3.92. The van der Waals surface area contributed by atoms with E-state index >= 15 is 0 Å². The molecule has 2 atom stereocenters. The Labute approximate surface area is 118 Å². The lowest BCUT2D eigenvalue weighted by Crippen LogP contribution is -2.42. The van der Waals surface area contributed by atoms with Crippen LogP contribution in [0.1, 0.15) is 31.5 Å². The quantitative estimate of drug-likeness (QED) is 0.877. The number of aromatic amines is 1. The number of carbonyl (C=O) groups is 1. The van der Waals surface area contributed by atoms with Gasteiger partial charge in [-0.05, 0) is 12.8 Å². The second kappa shape index (κ2) is 5.90. The van der Waals surface area contributed by atoms with Crippen molar-refractivity contribution in [2.45, 2.75) is 38.4 Å². The minimum absolute atomic E-state index is 0.0114. The second-order valence-corrected chi connectivity index (χ2v) is 5.26. The van der Waals surface area contributed by atoms with Crippen LogP contribution in [0.15, 0.2) is 4.79 Å². The van der Waals surface area contributed by atoms with Crippen molar-refractivity contribution in [3.05, 3.63) is 16.3 Å². The van der Waals surface area contributed by atoms with E-state index in [4.69, 9.17) is 0 Å². The molecular formula is C12H17F3N4O2. The van der Waals surface area contributed by atoms with Gasteiger partial charge in [0.05, 0.1) is 12.5 Å². The van der Waals surface area contributed by atoms with Gasteiger partial charge < -0.3 is 5.32 Å². The maximum Gasteiger partial charge on any atom is 0.392 e. The fraction of sp³-hybridized carbons (Fsp3) is 0.750. The topological polar surface area (TPSA) is 79.8 Å². The highest BCUT2D eigenvalue weighted by Gasteiger charge is 2.47. The first-order valence-corrected chi connectivity index (χ1v) is 6.75. The number of halogens is 3. The number of nitrogens with zero attached hydrogens (tertiary/aromatic N) is 2. The van der Waals surface area contributed by atoms with Gasteiger partial charge in [0.15, 0.2) is 5.82 Å². The SMILES string of the molecule is Cn1c(CNC(=O)[C@@H]2CCCC[C@@H]2C(F)(F)F)n[nH]c1=O. The minimum atomic E-state index is -4.36. The van der Waals surface area contributed by atoms with E-state index in [1.54, 1.807) is 0 Å². The Kier molecular flexibility index (Phi) is 4.38. The van der Waals surface area contributed by atoms with E-state index in [1.165, 1.54) is 11.6 Å². The first-order valence-electron chi connectivity index (χ1n) is 6.75. The molecule has 2 rings (SSSR count). The average molecular weight is 306 g/mol. The van der Waals surface area contributed by atoms with Crippen LogP contribution in [0.3, 0.4) is 0 Å². The number of aromatic nitrogens is 3. The molecule has 2 N–H and O–H groups in total. The van der Waals surface area contributed by atoms with Crippen molar-refractivity contribution in [2.75, 3.05) is 0 Å². The number of alkyl halides is 3. The van der Waals surface area contributed by atoms with E-state index in [0.29, 0.717) is 12.8 Å². The zero-order valence-electron chi connectivity index (χ0n) is 11.5. The Morgan fingerprint density at radius 2 is 2.10 bits per heavy atom. The Morgan fingerprint density at radius 1 is 1.43 bits per heavy atom. The van der Waals surface area contributed by atoms with Gasteiger partial charge in [-0.15, -0.1) is 0 Å². The molecule has 0 aliphatic heterocycles. The summed E-state index contributed by atoms with van der Waals surface area (Å²) in [5, 5.41) is 8.33. The molecule has 1 saturated carbocycles. The summed E-state index contributed by atoms with van der Waals surface area (Å²) < 4.78 is 40.0. The molecule has 0 saturated heterocycles. The third kappa shape index (κ3) is 3.45. The summed E-state index contributed by atoms with van der Waals surface area (Å²) in [5.74, 6) is -3.01. The molecule has 0 spiro atoms. The molecule has 9 heteroatoms. The van der Waals surface area contributed by atoms with Gasteiger partial charge in [0, 0.05) is 13.0 Å². The van der Waals surface area contributed by atoms with E-state index < -0.39 is 29.6 Å². The molecule has 1 fully saturated rings. The van der Waals surface area contributed by atoms with Crippen LogP contribution in [-0.4, -0.2) is 26.8 Å². The van der Waals surface area contributed by atoms with E-state index in [2.05, 4.69) is 15.5 Å². The van der Waals surface area contributed by atoms with Gasteiger partial charge in [0.25, 0.3) is 0 Å². The average Bonchev–Trinajstić information content (AvgIpc) is 2.75. The van der Waals surface area contributed by atoms with E-state index in [9.17, 15) is 22.8 Å². The molecule has 0 bridgehead atoms. The Hall–Kier alpha value is -1.80. The van der Waals surface area contributed by atoms with Crippen molar-refractivity contribution in [3.8, 4) is 0 Å². The summed E-state index contributed by atoms with van der Waals surface area (Å²) >= 11 is 0. The van der Waals surface area contributed by atoms with Crippen LogP contribution in [-0.2, 0) is 18.4 Å². The summed E-state index contributed by atoms with van der Waals surface area (Å²) in [7, 11) is 1.46. The minimum Gasteiger partial charge on any atom is -0.349 e. The zero-order valence-corrected chi connectivity index (χ0v) is 11.5. The summed E-state index contributed by atoms with van der Waals surface area (Å²) in [6.45, 7) is -0.0743. The molecule has 118 valence electrons. The molecule has 0 radical (unpaired) electrons. The van der Waals surface area contributed by atoms with Gasteiger partial charge in [-0.25, -0.2) is 9.89 Å². The van der Waals surface area contributed by atoms with Crippen LogP contribution in [0.2, 0.25) is 0 Å². The normalized spacial score (nSPS) is 23.0. The van der Waals surface area contributed by atoms with Crippen molar-refractivity contribution >= 4 is 5.91 Å². The van der Waals surface area contributed by atoms with Crippen LogP contribution in [0.25, 0.3) is 0 Å². The Morgan fingerprint density at radius 3 is 2.67 bits per heavy atom. The molecule has 0 unspecified atom stereocenters. The third-order valence-corrected chi connectivity index (χ3v) is 3.92. The van der Waals surface area contributed by atoms with E-state index in [0.717, 1.165) is 0 Å². The predicted octanol–water partition coefficient (Wildman–Crippen LogP) is 1.09. The van der Waals surface area contributed by atoms with Crippen molar-refractivity contribution in [1.82, 2.24) is 20.1 Å². The fourth-order valence-electron chi connectivity index (χ4n) is 2.67. The number of hydrogen-bond donors (Lipinski definition) is 2. The lowest BCUT2D eigenvalue weighted by Gasteiger charge is -2.31. The van der Waals surface area contributed by atoms with Crippen molar-refractivity contribution in [3.63, 3.8) is 0 Å². The smallest absolute Gasteiger partial charge is 0.349 e. The number of amides is 1. The standard InChI is InChI=1S/C12H17F3N4O2/c1-19-9(17-18-11(19)21)6-16-10(20)7-4-2-3-5-8(7)12(13,14)15/h7-8H,2-6H2,1H3,(H,16,20)(H,18,21)/t7-,8+/m1/s1. The molecule has 6 nitrogen and oxygen atoms in total. The van der Waals surface area contributed by atoms with Crippen molar-refractivity contribution < 1.29 is 18.0 Å². The van der Waals surface area contributed by atoms with E-state index in [-0.39, 0.29) is 25.2 Å². The molecule has 1 aromatic heterocycles. The van der Waals surface area contributed by atoms with Crippen molar-refractivity contribution in [2.24, 2.45) is 18.9 Å². The largest absolute Gasteiger partial charge is 0.392 e. The summed E-state index contributed by atoms with van der Waals surface area (Å²) in [5.41, 5.74) is -0.440. The lowest BCUT2D eigenvalue weighted by molar-refractivity contribution is -0.198.